The average molecular weight is 335 g/mol. The highest BCUT2D eigenvalue weighted by atomic mass is 16.2. The van der Waals surface area contributed by atoms with E-state index in [1.54, 1.807) is 18.3 Å². The summed E-state index contributed by atoms with van der Waals surface area (Å²) in [4.78, 5) is 33.1. The number of anilines is 1. The highest BCUT2D eigenvalue weighted by Gasteiger charge is 2.48. The Hall–Kier alpha value is -2.69. The second-order valence-corrected chi connectivity index (χ2v) is 7.18. The van der Waals surface area contributed by atoms with Crippen LogP contribution in [0.1, 0.15) is 28.9 Å². The zero-order valence-electron chi connectivity index (χ0n) is 14.3. The van der Waals surface area contributed by atoms with Gasteiger partial charge in [-0.3, -0.25) is 14.6 Å². The van der Waals surface area contributed by atoms with Crippen molar-refractivity contribution in [2.75, 3.05) is 24.5 Å². The molecular weight excluding hydrogens is 314 g/mol. The minimum Gasteiger partial charge on any atom is -0.337 e. The molecule has 3 heterocycles. The van der Waals surface area contributed by atoms with Gasteiger partial charge in [0, 0.05) is 43.4 Å². The molecule has 1 spiro atoms. The monoisotopic (exact) mass is 335 g/mol. The van der Waals surface area contributed by atoms with Gasteiger partial charge < -0.3 is 9.80 Å². The normalized spacial score (nSPS) is 22.8. The molecule has 128 valence electrons. The van der Waals surface area contributed by atoms with Crippen molar-refractivity contribution in [3.8, 4) is 0 Å². The van der Waals surface area contributed by atoms with E-state index in [0.717, 1.165) is 12.1 Å². The van der Waals surface area contributed by atoms with Crippen LogP contribution in [0.3, 0.4) is 0 Å². The topological polar surface area (TPSA) is 53.5 Å². The summed E-state index contributed by atoms with van der Waals surface area (Å²) in [6, 6.07) is 13.4. The first kappa shape index (κ1) is 15.8. The van der Waals surface area contributed by atoms with Gasteiger partial charge in [0.25, 0.3) is 5.91 Å². The van der Waals surface area contributed by atoms with E-state index in [0.29, 0.717) is 31.7 Å². The summed E-state index contributed by atoms with van der Waals surface area (Å²) < 4.78 is 0. The zero-order valence-corrected chi connectivity index (χ0v) is 14.3. The molecule has 0 bridgehead atoms. The molecule has 1 aromatic carbocycles. The number of rotatable bonds is 2. The maximum atomic E-state index is 12.6. The maximum absolute atomic E-state index is 12.6. The lowest BCUT2D eigenvalue weighted by Gasteiger charge is -2.24. The lowest BCUT2D eigenvalue weighted by atomic mass is 9.86. The largest absolute Gasteiger partial charge is 0.337 e. The molecule has 1 aromatic heterocycles. The van der Waals surface area contributed by atoms with E-state index in [9.17, 15) is 9.59 Å². The van der Waals surface area contributed by atoms with Gasteiger partial charge in [-0.1, -0.05) is 23.8 Å². The van der Waals surface area contributed by atoms with Crippen LogP contribution in [0, 0.1) is 12.3 Å². The Balaban J connectivity index is 1.50. The quantitative estimate of drug-likeness (QED) is 0.848. The zero-order chi connectivity index (χ0) is 17.4. The highest BCUT2D eigenvalue weighted by Crippen LogP contribution is 2.42. The van der Waals surface area contributed by atoms with Gasteiger partial charge in [-0.25, -0.2) is 0 Å². The maximum Gasteiger partial charge on any atom is 0.272 e. The fourth-order valence-corrected chi connectivity index (χ4v) is 3.89. The van der Waals surface area contributed by atoms with Gasteiger partial charge in [-0.2, -0.15) is 0 Å². The van der Waals surface area contributed by atoms with Crippen LogP contribution >= 0.6 is 0 Å². The number of benzene rings is 1. The molecule has 0 aliphatic carbocycles. The fraction of sp³-hybridized carbons (Fsp3) is 0.350. The van der Waals surface area contributed by atoms with E-state index in [1.807, 2.05) is 47.1 Å². The minimum absolute atomic E-state index is 0.0429. The minimum atomic E-state index is -0.133. The van der Waals surface area contributed by atoms with Crippen LogP contribution in [-0.2, 0) is 4.79 Å². The van der Waals surface area contributed by atoms with E-state index in [-0.39, 0.29) is 17.2 Å². The first-order valence-electron chi connectivity index (χ1n) is 8.64. The van der Waals surface area contributed by atoms with Crippen molar-refractivity contribution in [3.63, 3.8) is 0 Å². The third-order valence-electron chi connectivity index (χ3n) is 5.28. The molecule has 0 radical (unpaired) electrons. The average Bonchev–Trinajstić information content (AvgIpc) is 3.19. The second kappa shape index (κ2) is 5.99. The van der Waals surface area contributed by atoms with Gasteiger partial charge in [-0.15, -0.1) is 0 Å². The fourth-order valence-electron chi connectivity index (χ4n) is 3.89. The van der Waals surface area contributed by atoms with Crippen LogP contribution in [-0.4, -0.2) is 41.3 Å². The van der Waals surface area contributed by atoms with Crippen molar-refractivity contribution < 1.29 is 9.59 Å². The molecule has 0 saturated carbocycles. The van der Waals surface area contributed by atoms with Gasteiger partial charge >= 0.3 is 0 Å². The number of amides is 2. The van der Waals surface area contributed by atoms with E-state index >= 15 is 0 Å². The molecule has 2 fully saturated rings. The molecule has 0 N–H and O–H groups in total. The predicted molar refractivity (Wildman–Crippen MR) is 95.3 cm³/mol. The Kier molecular flexibility index (Phi) is 3.79. The Morgan fingerprint density at radius 2 is 1.92 bits per heavy atom. The summed E-state index contributed by atoms with van der Waals surface area (Å²) in [5.74, 6) is 0.106. The molecule has 5 heteroatoms. The van der Waals surface area contributed by atoms with Crippen LogP contribution < -0.4 is 4.90 Å². The van der Waals surface area contributed by atoms with Crippen LogP contribution in [0.4, 0.5) is 5.69 Å². The first-order chi connectivity index (χ1) is 12.1. The second-order valence-electron chi connectivity index (χ2n) is 7.18. The summed E-state index contributed by atoms with van der Waals surface area (Å²) in [5, 5.41) is 0. The molecule has 2 aromatic rings. The lowest BCUT2D eigenvalue weighted by molar-refractivity contribution is -0.117. The number of nitrogens with zero attached hydrogens (tertiary/aromatic N) is 3. The van der Waals surface area contributed by atoms with Crippen LogP contribution in [0.5, 0.6) is 0 Å². The number of carbonyl (C=O) groups excluding carboxylic acids is 2. The number of aromatic nitrogens is 1. The number of likely N-dealkylation sites (tertiary alicyclic amines) is 1. The smallest absolute Gasteiger partial charge is 0.272 e. The van der Waals surface area contributed by atoms with E-state index in [2.05, 4.69) is 4.98 Å². The number of aryl methyl sites for hydroxylation is 1. The molecule has 1 atom stereocenters. The van der Waals surface area contributed by atoms with Crippen molar-refractivity contribution in [2.24, 2.45) is 5.41 Å². The third-order valence-corrected chi connectivity index (χ3v) is 5.28. The van der Waals surface area contributed by atoms with Crippen molar-refractivity contribution in [2.45, 2.75) is 19.8 Å². The van der Waals surface area contributed by atoms with Crippen LogP contribution in [0.25, 0.3) is 0 Å². The summed E-state index contributed by atoms with van der Waals surface area (Å²) in [5.41, 5.74) is 2.46. The molecule has 2 aliphatic heterocycles. The van der Waals surface area contributed by atoms with Crippen molar-refractivity contribution in [3.05, 3.63) is 59.9 Å². The van der Waals surface area contributed by atoms with Crippen molar-refractivity contribution in [1.29, 1.82) is 0 Å². The Bertz CT molecular complexity index is 803. The summed E-state index contributed by atoms with van der Waals surface area (Å²) in [6.07, 6.45) is 3.00. The molecule has 5 nitrogen and oxygen atoms in total. The highest BCUT2D eigenvalue weighted by molar-refractivity contribution is 5.97. The van der Waals surface area contributed by atoms with Gasteiger partial charge in [0.15, 0.2) is 0 Å². The molecule has 2 aliphatic rings. The number of hydrogen-bond donors (Lipinski definition) is 0. The van der Waals surface area contributed by atoms with E-state index in [1.165, 1.54) is 5.56 Å². The van der Waals surface area contributed by atoms with E-state index in [4.69, 9.17) is 0 Å². The number of carbonyl (C=O) groups is 2. The molecule has 4 rings (SSSR count). The summed E-state index contributed by atoms with van der Waals surface area (Å²) in [6.45, 7) is 4.02. The lowest BCUT2D eigenvalue weighted by Crippen LogP contribution is -2.34. The Labute approximate surface area is 147 Å². The van der Waals surface area contributed by atoms with Gasteiger partial charge in [0.2, 0.25) is 5.91 Å². The number of pyridine rings is 1. The molecule has 1 unspecified atom stereocenters. The Morgan fingerprint density at radius 3 is 2.64 bits per heavy atom. The SMILES string of the molecule is Cc1ccc(N2CC3(CCN(C(=O)c4ccccn4)C3)CC2=O)cc1. The van der Waals surface area contributed by atoms with Gasteiger partial charge in [0.05, 0.1) is 0 Å². The van der Waals surface area contributed by atoms with Crippen LogP contribution in [0.15, 0.2) is 48.7 Å². The van der Waals surface area contributed by atoms with Crippen molar-refractivity contribution in [1.82, 2.24) is 9.88 Å². The van der Waals surface area contributed by atoms with Crippen molar-refractivity contribution >= 4 is 17.5 Å². The number of hydrogen-bond acceptors (Lipinski definition) is 3. The van der Waals surface area contributed by atoms with Gasteiger partial charge in [0.1, 0.15) is 5.69 Å². The summed E-state index contributed by atoms with van der Waals surface area (Å²) in [7, 11) is 0. The van der Waals surface area contributed by atoms with Gasteiger partial charge in [-0.05, 0) is 37.6 Å². The molecular formula is C20H21N3O2. The Morgan fingerprint density at radius 1 is 1.12 bits per heavy atom. The van der Waals surface area contributed by atoms with Crippen LogP contribution in [0.2, 0.25) is 0 Å². The summed E-state index contributed by atoms with van der Waals surface area (Å²) >= 11 is 0. The standard InChI is InChI=1S/C20H21N3O2/c1-15-5-7-16(8-6-15)23-14-20(12-18(23)24)9-11-22(13-20)19(25)17-4-2-3-10-21-17/h2-8,10H,9,11-14H2,1H3. The molecule has 25 heavy (non-hydrogen) atoms. The molecule has 2 amide bonds. The molecule has 2 saturated heterocycles. The van der Waals surface area contributed by atoms with E-state index < -0.39 is 0 Å². The first-order valence-corrected chi connectivity index (χ1v) is 8.64. The third kappa shape index (κ3) is 2.90. The predicted octanol–water partition coefficient (Wildman–Crippen LogP) is 2.66.